The molecule has 0 unspecified atom stereocenters. The van der Waals surface area contributed by atoms with Gasteiger partial charge in [0, 0.05) is 39.0 Å². The van der Waals surface area contributed by atoms with E-state index < -0.39 is 0 Å². The Morgan fingerprint density at radius 2 is 0.438 bits per heavy atom. The molecule has 0 aliphatic rings. The summed E-state index contributed by atoms with van der Waals surface area (Å²) in [5, 5.41) is 10.1. The minimum absolute atomic E-state index is 0. The largest absolute Gasteiger partial charge is 0.0622 e. The summed E-state index contributed by atoms with van der Waals surface area (Å²) >= 11 is 0. The van der Waals surface area contributed by atoms with E-state index in [1.165, 1.54) is 87.6 Å². The molecule has 0 aromatic heterocycles. The molecular formula is C46H30Ru2. The molecule has 0 aliphatic heterocycles. The summed E-state index contributed by atoms with van der Waals surface area (Å²) in [4.78, 5) is 0. The first kappa shape index (κ1) is 31.8. The van der Waals surface area contributed by atoms with Crippen molar-refractivity contribution in [1.29, 1.82) is 0 Å². The van der Waals surface area contributed by atoms with E-state index in [0.29, 0.717) is 0 Å². The van der Waals surface area contributed by atoms with Gasteiger partial charge in [0.15, 0.2) is 0 Å². The van der Waals surface area contributed by atoms with Gasteiger partial charge in [-0.05, 0) is 112 Å². The van der Waals surface area contributed by atoms with Gasteiger partial charge in [0.1, 0.15) is 0 Å². The average molecular weight is 785 g/mol. The Balaban J connectivity index is 0.00000182. The third-order valence-corrected chi connectivity index (χ3v) is 9.41. The first-order valence-electron chi connectivity index (χ1n) is 15.9. The summed E-state index contributed by atoms with van der Waals surface area (Å²) in [7, 11) is 0. The summed E-state index contributed by atoms with van der Waals surface area (Å²) < 4.78 is 0. The van der Waals surface area contributed by atoms with Crippen molar-refractivity contribution in [3.63, 3.8) is 0 Å². The van der Waals surface area contributed by atoms with E-state index in [1.807, 2.05) is 0 Å². The van der Waals surface area contributed by atoms with Gasteiger partial charge in [0.05, 0.1) is 0 Å². The molecule has 9 aromatic carbocycles. The molecule has 0 heterocycles. The van der Waals surface area contributed by atoms with Crippen LogP contribution in [-0.4, -0.2) is 0 Å². The van der Waals surface area contributed by atoms with E-state index in [1.54, 1.807) is 0 Å². The fourth-order valence-corrected chi connectivity index (χ4v) is 7.14. The molecule has 0 spiro atoms. The summed E-state index contributed by atoms with van der Waals surface area (Å²) in [6, 6.07) is 66.6. The summed E-state index contributed by atoms with van der Waals surface area (Å²) in [6.45, 7) is 0. The number of hydrogen-bond donors (Lipinski definition) is 0. The van der Waals surface area contributed by atoms with Crippen LogP contribution in [-0.2, 0) is 39.0 Å². The molecular weight excluding hydrogens is 755 g/mol. The van der Waals surface area contributed by atoms with Crippen LogP contribution in [0.25, 0.3) is 87.6 Å². The van der Waals surface area contributed by atoms with Gasteiger partial charge in [-0.25, -0.2) is 0 Å². The average Bonchev–Trinajstić information content (AvgIpc) is 3.13. The predicted molar refractivity (Wildman–Crippen MR) is 198 cm³/mol. The molecule has 48 heavy (non-hydrogen) atoms. The van der Waals surface area contributed by atoms with Gasteiger partial charge in [0.2, 0.25) is 0 Å². The van der Waals surface area contributed by atoms with Crippen molar-refractivity contribution < 1.29 is 39.0 Å². The monoisotopic (exact) mass is 786 g/mol. The zero-order valence-corrected chi connectivity index (χ0v) is 29.5. The molecule has 0 atom stereocenters. The number of benzene rings is 9. The van der Waals surface area contributed by atoms with Gasteiger partial charge < -0.3 is 0 Å². The molecule has 0 bridgehead atoms. The fourth-order valence-electron chi connectivity index (χ4n) is 7.14. The fraction of sp³-hybridized carbons (Fsp3) is 0. The van der Waals surface area contributed by atoms with Crippen LogP contribution in [0.15, 0.2) is 182 Å². The molecule has 9 rings (SSSR count). The maximum atomic E-state index is 2.40. The van der Waals surface area contributed by atoms with E-state index in [9.17, 15) is 0 Å². The maximum absolute atomic E-state index is 2.40. The van der Waals surface area contributed by atoms with Crippen molar-refractivity contribution in [2.45, 2.75) is 0 Å². The van der Waals surface area contributed by atoms with Gasteiger partial charge in [-0.15, -0.1) is 0 Å². The van der Waals surface area contributed by atoms with Crippen molar-refractivity contribution in [1.82, 2.24) is 0 Å². The molecule has 0 aliphatic carbocycles. The van der Waals surface area contributed by atoms with Gasteiger partial charge in [-0.3, -0.25) is 0 Å². The first-order valence-corrected chi connectivity index (χ1v) is 15.9. The molecule has 0 radical (unpaired) electrons. The van der Waals surface area contributed by atoms with E-state index in [2.05, 4.69) is 182 Å². The quantitative estimate of drug-likeness (QED) is 0.123. The minimum atomic E-state index is 0. The van der Waals surface area contributed by atoms with Gasteiger partial charge in [-0.2, -0.15) is 0 Å². The molecule has 0 saturated carbocycles. The van der Waals surface area contributed by atoms with Crippen LogP contribution >= 0.6 is 0 Å². The summed E-state index contributed by atoms with van der Waals surface area (Å²) in [5.74, 6) is 0. The van der Waals surface area contributed by atoms with E-state index >= 15 is 0 Å². The third kappa shape index (κ3) is 5.60. The Morgan fingerprint density at radius 1 is 0.208 bits per heavy atom. The maximum Gasteiger partial charge on any atom is 0 e. The second kappa shape index (κ2) is 13.4. The van der Waals surface area contributed by atoms with Crippen molar-refractivity contribution in [3.8, 4) is 44.5 Å². The van der Waals surface area contributed by atoms with Crippen LogP contribution in [0.5, 0.6) is 0 Å². The molecule has 0 saturated heterocycles. The van der Waals surface area contributed by atoms with Crippen molar-refractivity contribution in [2.75, 3.05) is 0 Å². The molecule has 0 fully saturated rings. The molecule has 0 amide bonds. The standard InChI is InChI=1S/C46H30.2Ru/c1-3-11-31(12-4-1)33-19-23-35(24-20-33)45-41-27-37-15-7-9-17-39(37)29-43(41)46(44-30-40-18-10-8-16-38(40)28-42(44)45)36-25-21-34(22-26-36)32-13-5-2-6-14-32;;/h1-30H;;. The van der Waals surface area contributed by atoms with Crippen molar-refractivity contribution >= 4 is 43.1 Å². The molecule has 9 aromatic rings. The predicted octanol–water partition coefficient (Wildman–Crippen LogP) is 13.0. The zero-order valence-electron chi connectivity index (χ0n) is 26.0. The third-order valence-electron chi connectivity index (χ3n) is 9.41. The van der Waals surface area contributed by atoms with Crippen molar-refractivity contribution in [2.24, 2.45) is 0 Å². The van der Waals surface area contributed by atoms with Gasteiger partial charge in [-0.1, -0.05) is 158 Å². The Hall–Kier alpha value is -4.73. The first-order chi connectivity index (χ1) is 22.8. The molecule has 2 heteroatoms. The van der Waals surface area contributed by atoms with Crippen LogP contribution in [0.2, 0.25) is 0 Å². The Morgan fingerprint density at radius 3 is 0.729 bits per heavy atom. The van der Waals surface area contributed by atoms with Gasteiger partial charge in [0.25, 0.3) is 0 Å². The second-order valence-corrected chi connectivity index (χ2v) is 12.1. The Labute approximate surface area is 306 Å². The smallest absolute Gasteiger partial charge is 0 e. The second-order valence-electron chi connectivity index (χ2n) is 12.1. The van der Waals surface area contributed by atoms with Gasteiger partial charge >= 0.3 is 0 Å². The van der Waals surface area contributed by atoms with Crippen molar-refractivity contribution in [3.05, 3.63) is 182 Å². The number of rotatable bonds is 4. The van der Waals surface area contributed by atoms with Crippen LogP contribution in [0.1, 0.15) is 0 Å². The van der Waals surface area contributed by atoms with Crippen LogP contribution < -0.4 is 0 Å². The molecule has 0 nitrogen and oxygen atoms in total. The SMILES string of the molecule is [Ru].[Ru].c1ccc(-c2ccc(-c3c4cc5ccccc5cc4c(-c4ccc(-c5ccccc5)cc4)c4cc5ccccc5cc34)cc2)cc1. The summed E-state index contributed by atoms with van der Waals surface area (Å²) in [6.07, 6.45) is 0. The summed E-state index contributed by atoms with van der Waals surface area (Å²) in [5.41, 5.74) is 9.94. The Kier molecular flexibility index (Phi) is 8.90. The van der Waals surface area contributed by atoms with Crippen LogP contribution in [0, 0.1) is 0 Å². The Bertz CT molecular complexity index is 2260. The van der Waals surface area contributed by atoms with E-state index in [-0.39, 0.29) is 39.0 Å². The van der Waals surface area contributed by atoms with Crippen LogP contribution in [0.3, 0.4) is 0 Å². The molecule has 230 valence electrons. The van der Waals surface area contributed by atoms with Crippen LogP contribution in [0.4, 0.5) is 0 Å². The zero-order chi connectivity index (χ0) is 30.5. The topological polar surface area (TPSA) is 0 Å². The van der Waals surface area contributed by atoms with E-state index in [4.69, 9.17) is 0 Å². The minimum Gasteiger partial charge on any atom is -0.0622 e. The number of fused-ring (bicyclic) bond motifs is 4. The number of hydrogen-bond acceptors (Lipinski definition) is 0. The molecule has 0 N–H and O–H groups in total. The normalized spacial score (nSPS) is 11.0. The van der Waals surface area contributed by atoms with E-state index in [0.717, 1.165) is 0 Å².